The Morgan fingerprint density at radius 1 is 0.804 bits per heavy atom. The molecule has 7 rings (SSSR count). The van der Waals surface area contributed by atoms with E-state index < -0.39 is 18.1 Å². The number of benzene rings is 4. The maximum atomic E-state index is 13.7. The van der Waals surface area contributed by atoms with Gasteiger partial charge >= 0.3 is 5.97 Å². The van der Waals surface area contributed by atoms with Gasteiger partial charge in [0.05, 0.1) is 52.2 Å². The zero-order chi connectivity index (χ0) is 32.1. The Morgan fingerprint density at radius 3 is 2.07 bits per heavy atom. The van der Waals surface area contributed by atoms with Crippen molar-refractivity contribution in [2.75, 3.05) is 42.1 Å². The average Bonchev–Trinajstić information content (AvgIpc) is 3.09. The van der Waals surface area contributed by atoms with Crippen molar-refractivity contribution in [2.45, 2.75) is 43.1 Å². The summed E-state index contributed by atoms with van der Waals surface area (Å²) in [5.41, 5.74) is 4.86. The van der Waals surface area contributed by atoms with Gasteiger partial charge in [0, 0.05) is 12.1 Å². The molecule has 0 aromatic heterocycles. The first-order valence-corrected chi connectivity index (χ1v) is 15.5. The third kappa shape index (κ3) is 4.63. The van der Waals surface area contributed by atoms with Crippen molar-refractivity contribution in [3.8, 4) is 29.1 Å². The second-order valence-corrected chi connectivity index (χ2v) is 12.1. The van der Waals surface area contributed by atoms with Gasteiger partial charge in [-0.2, -0.15) is 5.26 Å². The third-order valence-corrected chi connectivity index (χ3v) is 10.1. The van der Waals surface area contributed by atoms with Crippen molar-refractivity contribution in [3.63, 3.8) is 0 Å². The summed E-state index contributed by atoms with van der Waals surface area (Å²) in [5, 5.41) is 12.6. The highest BCUT2D eigenvalue weighted by molar-refractivity contribution is 6.04. The molecule has 1 saturated heterocycles. The van der Waals surface area contributed by atoms with Crippen molar-refractivity contribution in [2.24, 2.45) is 0 Å². The number of piperazine rings is 1. The number of carbonyl (C=O) groups is 1. The zero-order valence-electron chi connectivity index (χ0n) is 26.7. The van der Waals surface area contributed by atoms with Crippen molar-refractivity contribution >= 4 is 16.7 Å². The van der Waals surface area contributed by atoms with Gasteiger partial charge in [-0.1, -0.05) is 36.4 Å². The molecule has 2 bridgehead atoms. The van der Waals surface area contributed by atoms with E-state index in [0.29, 0.717) is 41.4 Å². The SMILES string of the molecule is COc1cc2c(cc1OC)[C@@H]1[C@@H]3Cc4cc(OC)c(OC)cc4[C@H](COC(=O)c4cccc5ccccc45)N3[C@@H](C#N)[C@H](C2)N1C. The van der Waals surface area contributed by atoms with Crippen molar-refractivity contribution in [3.05, 3.63) is 94.5 Å². The summed E-state index contributed by atoms with van der Waals surface area (Å²) in [4.78, 5) is 18.3. The Morgan fingerprint density at radius 2 is 1.39 bits per heavy atom. The fraction of sp³-hybridized carbons (Fsp3) is 0.351. The first kappa shape index (κ1) is 29.9. The molecule has 236 valence electrons. The van der Waals surface area contributed by atoms with Crippen LogP contribution in [-0.2, 0) is 17.6 Å². The maximum absolute atomic E-state index is 13.7. The molecule has 0 N–H and O–H groups in total. The van der Waals surface area contributed by atoms with E-state index in [4.69, 9.17) is 23.7 Å². The quantitative estimate of drug-likeness (QED) is 0.249. The van der Waals surface area contributed by atoms with E-state index in [-0.39, 0.29) is 24.7 Å². The zero-order valence-corrected chi connectivity index (χ0v) is 26.7. The Balaban J connectivity index is 1.34. The van der Waals surface area contributed by atoms with Crippen LogP contribution in [0.5, 0.6) is 23.0 Å². The number of esters is 1. The molecule has 0 aliphatic carbocycles. The Hall–Kier alpha value is -4.78. The molecule has 4 aromatic carbocycles. The summed E-state index contributed by atoms with van der Waals surface area (Å²) < 4.78 is 29.0. The van der Waals surface area contributed by atoms with Crippen LogP contribution in [0, 0.1) is 11.3 Å². The van der Waals surface area contributed by atoms with Crippen LogP contribution in [0.3, 0.4) is 0 Å². The lowest BCUT2D eigenvalue weighted by Crippen LogP contribution is -2.68. The van der Waals surface area contributed by atoms with E-state index in [0.717, 1.165) is 33.0 Å². The number of hydrogen-bond donors (Lipinski definition) is 0. The molecule has 0 unspecified atom stereocenters. The first-order chi connectivity index (χ1) is 22.4. The lowest BCUT2D eigenvalue weighted by molar-refractivity contribution is -0.0832. The molecular formula is C37H37N3O6. The largest absolute Gasteiger partial charge is 0.493 e. The molecule has 9 nitrogen and oxygen atoms in total. The lowest BCUT2D eigenvalue weighted by atomic mass is 9.72. The molecule has 46 heavy (non-hydrogen) atoms. The highest BCUT2D eigenvalue weighted by Crippen LogP contribution is 2.52. The number of hydrogen-bond acceptors (Lipinski definition) is 9. The average molecular weight is 620 g/mol. The van der Waals surface area contributed by atoms with Crippen LogP contribution < -0.4 is 18.9 Å². The predicted octanol–water partition coefficient (Wildman–Crippen LogP) is 5.50. The number of methoxy groups -OCH3 is 4. The summed E-state index contributed by atoms with van der Waals surface area (Å²) >= 11 is 0. The Bertz CT molecular complexity index is 1860. The summed E-state index contributed by atoms with van der Waals surface area (Å²) in [6, 6.07) is 23.1. The van der Waals surface area contributed by atoms with Crippen molar-refractivity contribution < 1.29 is 28.5 Å². The van der Waals surface area contributed by atoms with Crippen LogP contribution in [0.15, 0.2) is 66.7 Å². The van der Waals surface area contributed by atoms with E-state index in [9.17, 15) is 10.1 Å². The number of fused-ring (bicyclic) bond motifs is 8. The number of rotatable bonds is 7. The van der Waals surface area contributed by atoms with Gasteiger partial charge in [0.1, 0.15) is 12.6 Å². The summed E-state index contributed by atoms with van der Waals surface area (Å²) in [6.07, 6.45) is 1.34. The molecule has 3 aliphatic rings. The fourth-order valence-corrected chi connectivity index (χ4v) is 7.98. The molecule has 3 heterocycles. The lowest BCUT2D eigenvalue weighted by Gasteiger charge is -2.59. The first-order valence-electron chi connectivity index (χ1n) is 15.5. The minimum Gasteiger partial charge on any atom is -0.493 e. The van der Waals surface area contributed by atoms with E-state index >= 15 is 0 Å². The molecule has 3 aliphatic heterocycles. The van der Waals surface area contributed by atoms with Crippen LogP contribution in [0.25, 0.3) is 10.8 Å². The van der Waals surface area contributed by atoms with Crippen molar-refractivity contribution in [1.82, 2.24) is 9.80 Å². The van der Waals surface area contributed by atoms with Gasteiger partial charge in [-0.3, -0.25) is 9.80 Å². The monoisotopic (exact) mass is 619 g/mol. The van der Waals surface area contributed by atoms with E-state index in [1.165, 1.54) is 0 Å². The second-order valence-electron chi connectivity index (χ2n) is 12.1. The highest BCUT2D eigenvalue weighted by Gasteiger charge is 2.54. The van der Waals surface area contributed by atoms with Gasteiger partial charge in [-0.25, -0.2) is 4.79 Å². The van der Waals surface area contributed by atoms with Gasteiger partial charge in [0.15, 0.2) is 23.0 Å². The Labute approximate surface area is 268 Å². The number of nitrogens with zero attached hydrogens (tertiary/aromatic N) is 3. The molecule has 0 spiro atoms. The van der Waals surface area contributed by atoms with Gasteiger partial charge in [0.2, 0.25) is 0 Å². The van der Waals surface area contributed by atoms with Gasteiger partial charge < -0.3 is 23.7 Å². The number of likely N-dealkylation sites (N-methyl/N-ethyl adjacent to an activating group) is 1. The minimum absolute atomic E-state index is 0.0457. The third-order valence-electron chi connectivity index (χ3n) is 10.1. The molecule has 0 radical (unpaired) electrons. The summed E-state index contributed by atoms with van der Waals surface area (Å²) in [5.74, 6) is 2.18. The smallest absolute Gasteiger partial charge is 0.338 e. The minimum atomic E-state index is -0.463. The van der Waals surface area contributed by atoms with Crippen molar-refractivity contribution in [1.29, 1.82) is 5.26 Å². The Kier molecular flexibility index (Phi) is 7.71. The van der Waals surface area contributed by atoms with Crippen LogP contribution in [0.4, 0.5) is 0 Å². The predicted molar refractivity (Wildman–Crippen MR) is 173 cm³/mol. The molecular weight excluding hydrogens is 582 g/mol. The molecule has 9 heteroatoms. The molecule has 5 atom stereocenters. The number of nitriles is 1. The van der Waals surface area contributed by atoms with Crippen LogP contribution >= 0.6 is 0 Å². The molecule has 4 aromatic rings. The van der Waals surface area contributed by atoms with Gasteiger partial charge in [-0.15, -0.1) is 0 Å². The van der Waals surface area contributed by atoms with E-state index in [1.807, 2.05) is 48.5 Å². The maximum Gasteiger partial charge on any atom is 0.338 e. The van der Waals surface area contributed by atoms with Gasteiger partial charge in [0.25, 0.3) is 0 Å². The summed E-state index contributed by atoms with van der Waals surface area (Å²) in [7, 11) is 8.64. The normalized spacial score (nSPS) is 23.3. The second kappa shape index (κ2) is 11.9. The summed E-state index contributed by atoms with van der Waals surface area (Å²) in [6.45, 7) is 0.0706. The number of ether oxygens (including phenoxy) is 5. The van der Waals surface area contributed by atoms with Crippen LogP contribution in [-0.4, -0.2) is 76.0 Å². The van der Waals surface area contributed by atoms with E-state index in [2.05, 4.69) is 35.0 Å². The fourth-order valence-electron chi connectivity index (χ4n) is 7.98. The highest BCUT2D eigenvalue weighted by atomic mass is 16.5. The molecule has 0 amide bonds. The standard InChI is InChI=1S/C37H37N3O6/c1-39-28-13-23-16-33(43-3)35(45-5)18-27(23)36(39)29-14-22-15-32(42-2)34(44-4)17-26(22)31(40(29)30(28)19-38)20-46-37(41)25-12-8-10-21-9-6-7-11-24(21)25/h6-12,15-18,28-31,36H,13-14,20H2,1-5H3/t28-,29-,30-,31-,36+/m0/s1. The molecule has 1 fully saturated rings. The van der Waals surface area contributed by atoms with E-state index in [1.54, 1.807) is 34.5 Å². The number of carbonyl (C=O) groups excluding carboxylic acids is 1. The molecule has 0 saturated carbocycles. The van der Waals surface area contributed by atoms with Gasteiger partial charge in [-0.05, 0) is 83.2 Å². The topological polar surface area (TPSA) is 93.5 Å². The van der Waals surface area contributed by atoms with Crippen LogP contribution in [0.2, 0.25) is 0 Å². The van der Waals surface area contributed by atoms with Crippen LogP contribution in [0.1, 0.15) is 44.7 Å².